The first-order chi connectivity index (χ1) is 5.86. The summed E-state index contributed by atoms with van der Waals surface area (Å²) in [7, 11) is 0. The Morgan fingerprint density at radius 3 is 2.00 bits per heavy atom. The monoisotopic (exact) mass is 160 g/mol. The third-order valence-corrected chi connectivity index (χ3v) is 1.44. The van der Waals surface area contributed by atoms with Crippen LogP contribution in [0.25, 0.3) is 6.08 Å². The number of rotatable bonds is 3. The highest BCUT2D eigenvalue weighted by atomic mass is 16.1. The molecule has 0 bridgehead atoms. The molecule has 2 nitrogen and oxygen atoms in total. The summed E-state index contributed by atoms with van der Waals surface area (Å²) < 4.78 is 0. The Bertz CT molecular complexity index is 296. The summed E-state index contributed by atoms with van der Waals surface area (Å²) in [6, 6.07) is 6.97. The fourth-order valence-corrected chi connectivity index (χ4v) is 0.836. The molecule has 2 heteroatoms. The van der Waals surface area contributed by atoms with Gasteiger partial charge in [0.25, 0.3) is 0 Å². The number of hydrogen-bond acceptors (Lipinski definition) is 2. The van der Waals surface area contributed by atoms with Crippen molar-refractivity contribution in [1.29, 1.82) is 0 Å². The number of hydrogen-bond donors (Lipinski definition) is 0. The Morgan fingerprint density at radius 1 is 0.917 bits per heavy atom. The molecule has 0 radical (unpaired) electrons. The average Bonchev–Trinajstić information content (AvgIpc) is 2.15. The van der Waals surface area contributed by atoms with E-state index in [1.807, 2.05) is 0 Å². The SMILES string of the molecule is O=C/C=C/c1ccc(C=O)cc1. The lowest BCUT2D eigenvalue weighted by molar-refractivity contribution is -0.104. The second-order valence-corrected chi connectivity index (χ2v) is 2.28. The molecule has 0 unspecified atom stereocenters. The van der Waals surface area contributed by atoms with Crippen LogP contribution in [-0.4, -0.2) is 12.6 Å². The van der Waals surface area contributed by atoms with Crippen molar-refractivity contribution in [2.45, 2.75) is 0 Å². The predicted octanol–water partition coefficient (Wildman–Crippen LogP) is 1.71. The predicted molar refractivity (Wildman–Crippen MR) is 46.9 cm³/mol. The summed E-state index contributed by atoms with van der Waals surface area (Å²) in [5.41, 5.74) is 1.55. The zero-order chi connectivity index (χ0) is 8.81. The molecule has 0 saturated carbocycles. The molecule has 0 spiro atoms. The van der Waals surface area contributed by atoms with Gasteiger partial charge in [0.15, 0.2) is 0 Å². The van der Waals surface area contributed by atoms with Gasteiger partial charge in [0, 0.05) is 5.56 Å². The van der Waals surface area contributed by atoms with E-state index in [0.717, 1.165) is 11.8 Å². The Hall–Kier alpha value is -1.70. The van der Waals surface area contributed by atoms with E-state index in [1.165, 1.54) is 6.08 Å². The molecule has 1 aromatic rings. The maximum atomic E-state index is 10.3. The normalized spacial score (nSPS) is 10.0. The minimum Gasteiger partial charge on any atom is -0.299 e. The molecule has 0 aromatic heterocycles. The van der Waals surface area contributed by atoms with Gasteiger partial charge in [0.2, 0.25) is 0 Å². The summed E-state index contributed by atoms with van der Waals surface area (Å²) in [5, 5.41) is 0. The third-order valence-electron chi connectivity index (χ3n) is 1.44. The lowest BCUT2D eigenvalue weighted by Gasteiger charge is -1.91. The highest BCUT2D eigenvalue weighted by molar-refractivity contribution is 5.77. The quantitative estimate of drug-likeness (QED) is 0.498. The van der Waals surface area contributed by atoms with E-state index in [1.54, 1.807) is 30.3 Å². The molecule has 0 N–H and O–H groups in total. The summed E-state index contributed by atoms with van der Waals surface area (Å²) in [6.45, 7) is 0. The molecule has 0 saturated heterocycles. The summed E-state index contributed by atoms with van der Waals surface area (Å²) in [5.74, 6) is 0. The smallest absolute Gasteiger partial charge is 0.150 e. The van der Waals surface area contributed by atoms with Gasteiger partial charge in [-0.3, -0.25) is 9.59 Å². The van der Waals surface area contributed by atoms with Gasteiger partial charge in [-0.05, 0) is 11.6 Å². The van der Waals surface area contributed by atoms with Crippen molar-refractivity contribution in [2.75, 3.05) is 0 Å². The highest BCUT2D eigenvalue weighted by Crippen LogP contribution is 2.03. The zero-order valence-electron chi connectivity index (χ0n) is 6.44. The number of carbonyl (C=O) groups is 2. The fraction of sp³-hybridized carbons (Fsp3) is 0. The average molecular weight is 160 g/mol. The van der Waals surface area contributed by atoms with E-state index in [4.69, 9.17) is 0 Å². The van der Waals surface area contributed by atoms with Crippen LogP contribution in [0.15, 0.2) is 30.3 Å². The molecule has 0 aliphatic rings. The zero-order valence-corrected chi connectivity index (χ0v) is 6.44. The molecule has 1 aromatic carbocycles. The van der Waals surface area contributed by atoms with Gasteiger partial charge in [0.05, 0.1) is 0 Å². The number of aldehydes is 2. The van der Waals surface area contributed by atoms with Gasteiger partial charge in [-0.15, -0.1) is 0 Å². The van der Waals surface area contributed by atoms with Crippen LogP contribution in [0.2, 0.25) is 0 Å². The van der Waals surface area contributed by atoms with Crippen LogP contribution in [0.3, 0.4) is 0 Å². The molecule has 0 fully saturated rings. The van der Waals surface area contributed by atoms with E-state index >= 15 is 0 Å². The Labute approximate surface area is 70.5 Å². The summed E-state index contributed by atoms with van der Waals surface area (Å²) in [4.78, 5) is 20.2. The van der Waals surface area contributed by atoms with E-state index < -0.39 is 0 Å². The lowest BCUT2D eigenvalue weighted by Crippen LogP contribution is -1.78. The minimum atomic E-state index is 0.637. The Morgan fingerprint density at radius 2 is 1.50 bits per heavy atom. The fourth-order valence-electron chi connectivity index (χ4n) is 0.836. The summed E-state index contributed by atoms with van der Waals surface area (Å²) >= 11 is 0. The Balaban J connectivity index is 2.84. The number of carbonyl (C=O) groups excluding carboxylic acids is 2. The van der Waals surface area contributed by atoms with E-state index in [0.29, 0.717) is 11.8 Å². The number of benzene rings is 1. The van der Waals surface area contributed by atoms with Crippen molar-refractivity contribution in [3.05, 3.63) is 41.5 Å². The van der Waals surface area contributed by atoms with Gasteiger partial charge >= 0.3 is 0 Å². The number of allylic oxidation sites excluding steroid dienone is 1. The third kappa shape index (κ3) is 2.16. The molecule has 12 heavy (non-hydrogen) atoms. The van der Waals surface area contributed by atoms with Crippen molar-refractivity contribution in [3.63, 3.8) is 0 Å². The van der Waals surface area contributed by atoms with Gasteiger partial charge in [-0.25, -0.2) is 0 Å². The van der Waals surface area contributed by atoms with Crippen molar-refractivity contribution >= 4 is 18.6 Å². The van der Waals surface area contributed by atoms with Crippen LogP contribution < -0.4 is 0 Å². The van der Waals surface area contributed by atoms with Gasteiger partial charge < -0.3 is 0 Å². The van der Waals surface area contributed by atoms with Crippen LogP contribution in [-0.2, 0) is 4.79 Å². The van der Waals surface area contributed by atoms with Crippen molar-refractivity contribution < 1.29 is 9.59 Å². The van der Waals surface area contributed by atoms with Crippen LogP contribution >= 0.6 is 0 Å². The van der Waals surface area contributed by atoms with Crippen molar-refractivity contribution in [3.8, 4) is 0 Å². The molecule has 1 rings (SSSR count). The maximum absolute atomic E-state index is 10.3. The molecular weight excluding hydrogens is 152 g/mol. The second kappa shape index (κ2) is 4.23. The summed E-state index contributed by atoms with van der Waals surface area (Å²) in [6.07, 6.45) is 4.60. The van der Waals surface area contributed by atoms with Crippen molar-refractivity contribution in [2.24, 2.45) is 0 Å². The van der Waals surface area contributed by atoms with Crippen LogP contribution in [0, 0.1) is 0 Å². The van der Waals surface area contributed by atoms with E-state index in [9.17, 15) is 9.59 Å². The first-order valence-electron chi connectivity index (χ1n) is 3.54. The van der Waals surface area contributed by atoms with E-state index in [2.05, 4.69) is 0 Å². The molecule has 0 atom stereocenters. The molecular formula is C10H8O2. The highest BCUT2D eigenvalue weighted by Gasteiger charge is 1.88. The van der Waals surface area contributed by atoms with Crippen LogP contribution in [0.1, 0.15) is 15.9 Å². The van der Waals surface area contributed by atoms with E-state index in [-0.39, 0.29) is 0 Å². The van der Waals surface area contributed by atoms with Gasteiger partial charge in [-0.2, -0.15) is 0 Å². The molecule has 0 heterocycles. The van der Waals surface area contributed by atoms with Crippen LogP contribution in [0.5, 0.6) is 0 Å². The van der Waals surface area contributed by atoms with Gasteiger partial charge in [-0.1, -0.05) is 30.3 Å². The largest absolute Gasteiger partial charge is 0.299 e. The minimum absolute atomic E-state index is 0.637. The molecule has 0 aliphatic heterocycles. The molecule has 0 aliphatic carbocycles. The van der Waals surface area contributed by atoms with Crippen molar-refractivity contribution in [1.82, 2.24) is 0 Å². The topological polar surface area (TPSA) is 34.1 Å². The maximum Gasteiger partial charge on any atom is 0.150 e. The van der Waals surface area contributed by atoms with Gasteiger partial charge in [0.1, 0.15) is 12.6 Å². The standard InChI is InChI=1S/C10H8O2/c11-7-1-2-9-3-5-10(8-12)6-4-9/h1-8H/b2-1+. The lowest BCUT2D eigenvalue weighted by atomic mass is 10.1. The first kappa shape index (κ1) is 8.40. The first-order valence-corrected chi connectivity index (χ1v) is 3.54. The molecule has 60 valence electrons. The van der Waals surface area contributed by atoms with Crippen LogP contribution in [0.4, 0.5) is 0 Å². The second-order valence-electron chi connectivity index (χ2n) is 2.28. The molecule has 0 amide bonds. The Kier molecular flexibility index (Phi) is 2.96.